The monoisotopic (exact) mass is 388 g/mol. The van der Waals surface area contributed by atoms with Crippen molar-refractivity contribution < 1.29 is 22.3 Å². The second-order valence-electron chi connectivity index (χ2n) is 7.76. The van der Waals surface area contributed by atoms with E-state index >= 15 is 0 Å². The summed E-state index contributed by atoms with van der Waals surface area (Å²) in [5, 5.41) is 0. The van der Waals surface area contributed by atoms with Crippen LogP contribution in [0, 0.1) is 17.7 Å². The highest BCUT2D eigenvalue weighted by Crippen LogP contribution is 2.40. The molecule has 0 aliphatic heterocycles. The lowest BCUT2D eigenvalue weighted by atomic mass is 9.77. The van der Waals surface area contributed by atoms with Crippen LogP contribution in [0.3, 0.4) is 0 Å². The van der Waals surface area contributed by atoms with Gasteiger partial charge < -0.3 is 4.74 Å². The van der Waals surface area contributed by atoms with Crippen LogP contribution in [0.4, 0.5) is 17.6 Å². The molecule has 27 heavy (non-hydrogen) atoms. The van der Waals surface area contributed by atoms with Crippen LogP contribution in [0.5, 0.6) is 5.75 Å². The summed E-state index contributed by atoms with van der Waals surface area (Å²) in [5.74, 6) is -0.368. The van der Waals surface area contributed by atoms with Crippen molar-refractivity contribution in [1.29, 1.82) is 0 Å². The highest BCUT2D eigenvalue weighted by atomic mass is 19.4. The molecule has 0 spiro atoms. The first kappa shape index (κ1) is 22.0. The van der Waals surface area contributed by atoms with Crippen molar-refractivity contribution >= 4 is 0 Å². The minimum Gasteiger partial charge on any atom is -0.491 e. The fraction of sp³-hybridized carbons (Fsp3) is 0.727. The van der Waals surface area contributed by atoms with Gasteiger partial charge in [0, 0.05) is 0 Å². The molecule has 154 valence electrons. The fourth-order valence-corrected chi connectivity index (χ4v) is 4.23. The van der Waals surface area contributed by atoms with Crippen LogP contribution in [-0.4, -0.2) is 6.61 Å². The number of rotatable bonds is 9. The van der Waals surface area contributed by atoms with E-state index in [2.05, 4.69) is 6.92 Å². The standard InChI is InChI=1S/C22H32F4O/c1-3-5-6-7-16-8-10-17(11-9-16)12-13-18-14-15-19(27-4-2)21(23)20(18)22(24,25)26/h14-17H,3-13H2,1-2H3. The molecule has 0 N–H and O–H groups in total. The summed E-state index contributed by atoms with van der Waals surface area (Å²) in [6.45, 7) is 3.96. The van der Waals surface area contributed by atoms with Crippen LogP contribution in [0.25, 0.3) is 0 Å². The predicted molar refractivity (Wildman–Crippen MR) is 100 cm³/mol. The van der Waals surface area contributed by atoms with E-state index in [1.54, 1.807) is 6.92 Å². The van der Waals surface area contributed by atoms with Crippen molar-refractivity contribution in [2.45, 2.75) is 84.2 Å². The van der Waals surface area contributed by atoms with Crippen molar-refractivity contribution in [3.8, 4) is 5.75 Å². The maximum atomic E-state index is 14.3. The van der Waals surface area contributed by atoms with Crippen molar-refractivity contribution in [1.82, 2.24) is 0 Å². The Labute approximate surface area is 160 Å². The molecule has 0 aromatic heterocycles. The molecule has 2 rings (SSSR count). The van der Waals surface area contributed by atoms with Gasteiger partial charge in [-0.1, -0.05) is 64.4 Å². The summed E-state index contributed by atoms with van der Waals surface area (Å²) in [6.07, 6.45) is 5.85. The molecule has 1 aromatic rings. The lowest BCUT2D eigenvalue weighted by Crippen LogP contribution is -2.17. The van der Waals surface area contributed by atoms with E-state index in [1.807, 2.05) is 0 Å². The molecule has 1 fully saturated rings. The molecule has 1 aliphatic rings. The summed E-state index contributed by atoms with van der Waals surface area (Å²) in [7, 11) is 0. The molecular weight excluding hydrogens is 356 g/mol. The zero-order chi connectivity index (χ0) is 19.9. The molecule has 0 bridgehead atoms. The number of hydrogen-bond donors (Lipinski definition) is 0. The first-order valence-corrected chi connectivity index (χ1v) is 10.4. The second kappa shape index (κ2) is 10.3. The van der Waals surface area contributed by atoms with Crippen LogP contribution in [0.15, 0.2) is 12.1 Å². The third-order valence-corrected chi connectivity index (χ3v) is 5.78. The summed E-state index contributed by atoms with van der Waals surface area (Å²) >= 11 is 0. The van der Waals surface area contributed by atoms with Gasteiger partial charge in [0.15, 0.2) is 11.6 Å². The van der Waals surface area contributed by atoms with Crippen LogP contribution in [0.1, 0.15) is 82.8 Å². The van der Waals surface area contributed by atoms with Gasteiger partial charge >= 0.3 is 6.18 Å². The van der Waals surface area contributed by atoms with Crippen molar-refractivity contribution in [3.05, 3.63) is 29.1 Å². The number of benzene rings is 1. The van der Waals surface area contributed by atoms with Crippen LogP contribution in [-0.2, 0) is 12.6 Å². The predicted octanol–water partition coefficient (Wildman–Crippen LogP) is 7.56. The quantitative estimate of drug-likeness (QED) is 0.313. The molecule has 0 saturated heterocycles. The van der Waals surface area contributed by atoms with Gasteiger partial charge in [-0.05, 0) is 43.2 Å². The molecule has 0 heterocycles. The first-order valence-electron chi connectivity index (χ1n) is 10.4. The highest BCUT2D eigenvalue weighted by molar-refractivity contribution is 5.39. The van der Waals surface area contributed by atoms with Gasteiger partial charge in [0.2, 0.25) is 0 Å². The number of hydrogen-bond acceptors (Lipinski definition) is 1. The van der Waals surface area contributed by atoms with Gasteiger partial charge in [-0.15, -0.1) is 0 Å². The fourth-order valence-electron chi connectivity index (χ4n) is 4.23. The van der Waals surface area contributed by atoms with Gasteiger partial charge in [-0.25, -0.2) is 4.39 Å². The summed E-state index contributed by atoms with van der Waals surface area (Å²) in [4.78, 5) is 0. The summed E-state index contributed by atoms with van der Waals surface area (Å²) in [5.41, 5.74) is -1.10. The van der Waals surface area contributed by atoms with E-state index in [-0.39, 0.29) is 24.3 Å². The zero-order valence-corrected chi connectivity index (χ0v) is 16.5. The van der Waals surface area contributed by atoms with E-state index in [9.17, 15) is 17.6 Å². The van der Waals surface area contributed by atoms with Gasteiger partial charge in [-0.2, -0.15) is 13.2 Å². The first-order chi connectivity index (χ1) is 12.9. The number of aryl methyl sites for hydroxylation is 1. The van der Waals surface area contributed by atoms with Crippen LogP contribution >= 0.6 is 0 Å². The number of unbranched alkanes of at least 4 members (excludes halogenated alkanes) is 2. The van der Waals surface area contributed by atoms with Gasteiger partial charge in [0.25, 0.3) is 0 Å². The molecular formula is C22H32F4O. The Hall–Kier alpha value is -1.26. The molecule has 0 radical (unpaired) electrons. The molecule has 1 saturated carbocycles. The van der Waals surface area contributed by atoms with Crippen molar-refractivity contribution in [2.24, 2.45) is 11.8 Å². The lowest BCUT2D eigenvalue weighted by Gasteiger charge is -2.29. The SMILES string of the molecule is CCCCCC1CCC(CCc2ccc(OCC)c(F)c2C(F)(F)F)CC1. The molecule has 1 nitrogen and oxygen atoms in total. The maximum Gasteiger partial charge on any atom is 0.419 e. The smallest absolute Gasteiger partial charge is 0.419 e. The maximum absolute atomic E-state index is 14.3. The van der Waals surface area contributed by atoms with E-state index < -0.39 is 17.6 Å². The third-order valence-electron chi connectivity index (χ3n) is 5.78. The Kier molecular flexibility index (Phi) is 8.43. The average Bonchev–Trinajstić information content (AvgIpc) is 2.62. The molecule has 1 aromatic carbocycles. The Morgan fingerprint density at radius 1 is 0.963 bits per heavy atom. The average molecular weight is 388 g/mol. The minimum atomic E-state index is -4.70. The van der Waals surface area contributed by atoms with E-state index in [0.717, 1.165) is 18.8 Å². The van der Waals surface area contributed by atoms with E-state index in [1.165, 1.54) is 50.7 Å². The molecule has 5 heteroatoms. The van der Waals surface area contributed by atoms with Crippen molar-refractivity contribution in [2.75, 3.05) is 6.61 Å². The van der Waals surface area contributed by atoms with Crippen LogP contribution < -0.4 is 4.74 Å². The van der Waals surface area contributed by atoms with Crippen molar-refractivity contribution in [3.63, 3.8) is 0 Å². The number of halogens is 4. The van der Waals surface area contributed by atoms with Gasteiger partial charge in [0.05, 0.1) is 12.2 Å². The number of alkyl halides is 3. The molecule has 0 amide bonds. The lowest BCUT2D eigenvalue weighted by molar-refractivity contribution is -0.140. The molecule has 1 aliphatic carbocycles. The number of ether oxygens (including phenoxy) is 1. The molecule has 0 unspecified atom stereocenters. The Bertz CT molecular complexity index is 574. The summed E-state index contributed by atoms with van der Waals surface area (Å²) < 4.78 is 59.5. The van der Waals surface area contributed by atoms with E-state index in [4.69, 9.17) is 4.74 Å². The second-order valence-corrected chi connectivity index (χ2v) is 7.76. The zero-order valence-electron chi connectivity index (χ0n) is 16.5. The van der Waals surface area contributed by atoms with Gasteiger partial charge in [-0.3, -0.25) is 0 Å². The minimum absolute atomic E-state index is 0.0496. The van der Waals surface area contributed by atoms with E-state index in [0.29, 0.717) is 12.3 Å². The van der Waals surface area contributed by atoms with Crippen LogP contribution in [0.2, 0.25) is 0 Å². The Balaban J connectivity index is 1.95. The Morgan fingerprint density at radius 3 is 2.15 bits per heavy atom. The third kappa shape index (κ3) is 6.39. The summed E-state index contributed by atoms with van der Waals surface area (Å²) in [6, 6.07) is 2.71. The highest BCUT2D eigenvalue weighted by Gasteiger charge is 2.38. The topological polar surface area (TPSA) is 9.23 Å². The largest absolute Gasteiger partial charge is 0.491 e. The van der Waals surface area contributed by atoms with Gasteiger partial charge in [0.1, 0.15) is 0 Å². The molecule has 0 atom stereocenters. The normalized spacial score (nSPS) is 20.7. The Morgan fingerprint density at radius 2 is 1.59 bits per heavy atom.